The van der Waals surface area contributed by atoms with Crippen LogP contribution < -0.4 is 11.2 Å². The molecule has 1 fully saturated rings. The van der Waals surface area contributed by atoms with Crippen molar-refractivity contribution in [3.63, 3.8) is 0 Å². The first-order valence-electron chi connectivity index (χ1n) is 11.7. The molecular weight excluding hydrogens is 460 g/mol. The molecule has 0 saturated carbocycles. The number of hydrazone groups is 1. The predicted octanol–water partition coefficient (Wildman–Crippen LogP) is 1.85. The van der Waals surface area contributed by atoms with E-state index < -0.39 is 5.91 Å². The van der Waals surface area contributed by atoms with Crippen LogP contribution in [-0.4, -0.2) is 60.4 Å². The van der Waals surface area contributed by atoms with Crippen LogP contribution in [0.4, 0.5) is 5.82 Å². The molecule has 0 aliphatic carbocycles. The van der Waals surface area contributed by atoms with E-state index in [9.17, 15) is 4.79 Å². The lowest BCUT2D eigenvalue weighted by molar-refractivity contribution is 0.0946. The molecule has 184 valence electrons. The number of amides is 1. The molecule has 1 aliphatic heterocycles. The molecule has 1 saturated heterocycles. The van der Waals surface area contributed by atoms with Crippen LogP contribution >= 0.6 is 0 Å². The third kappa shape index (κ3) is 5.44. The number of likely N-dealkylation sites (tertiary alicyclic amines) is 1. The van der Waals surface area contributed by atoms with E-state index in [1.807, 2.05) is 12.1 Å². The van der Waals surface area contributed by atoms with E-state index >= 15 is 0 Å². The molecule has 3 aromatic heterocycles. The molecule has 0 radical (unpaired) electrons. The van der Waals surface area contributed by atoms with Gasteiger partial charge in [0.05, 0.1) is 11.9 Å². The van der Waals surface area contributed by atoms with Gasteiger partial charge >= 0.3 is 0 Å². The fourth-order valence-electron chi connectivity index (χ4n) is 4.31. The van der Waals surface area contributed by atoms with E-state index in [2.05, 4.69) is 65.3 Å². The summed E-state index contributed by atoms with van der Waals surface area (Å²) in [5.74, 6) is 0.371. The summed E-state index contributed by atoms with van der Waals surface area (Å²) in [6.07, 6.45) is 7.99. The van der Waals surface area contributed by atoms with Crippen molar-refractivity contribution in [3.05, 3.63) is 77.4 Å². The Morgan fingerprint density at radius 2 is 2.00 bits per heavy atom. The summed E-state index contributed by atoms with van der Waals surface area (Å²) < 4.78 is 6.15. The van der Waals surface area contributed by atoms with Crippen molar-refractivity contribution in [1.29, 1.82) is 0 Å². The van der Waals surface area contributed by atoms with Gasteiger partial charge in [0, 0.05) is 24.5 Å². The van der Waals surface area contributed by atoms with Gasteiger partial charge in [0.15, 0.2) is 5.69 Å². The van der Waals surface area contributed by atoms with E-state index in [1.54, 1.807) is 18.5 Å². The topological polar surface area (TPSA) is 153 Å². The van der Waals surface area contributed by atoms with Crippen molar-refractivity contribution in [2.24, 2.45) is 11.0 Å². The smallest absolute Gasteiger partial charge is 0.293 e. The van der Waals surface area contributed by atoms with Gasteiger partial charge in [-0.3, -0.25) is 14.7 Å². The molecular formula is C24H26N10O2. The number of nitrogen functional groups attached to an aromatic ring is 1. The molecule has 36 heavy (non-hydrogen) atoms. The van der Waals surface area contributed by atoms with Gasteiger partial charge in [0.25, 0.3) is 5.91 Å². The van der Waals surface area contributed by atoms with Gasteiger partial charge in [0.1, 0.15) is 0 Å². The summed E-state index contributed by atoms with van der Waals surface area (Å²) in [6, 6.07) is 14.2. The summed E-state index contributed by atoms with van der Waals surface area (Å²) in [7, 11) is 0. The van der Waals surface area contributed by atoms with E-state index in [0.717, 1.165) is 37.9 Å². The van der Waals surface area contributed by atoms with Crippen molar-refractivity contribution in [1.82, 2.24) is 40.6 Å². The second-order valence-corrected chi connectivity index (χ2v) is 8.66. The Balaban J connectivity index is 1.29. The Morgan fingerprint density at radius 3 is 2.72 bits per heavy atom. The molecule has 3 N–H and O–H groups in total. The van der Waals surface area contributed by atoms with Gasteiger partial charge in [-0.1, -0.05) is 41.6 Å². The lowest BCUT2D eigenvalue weighted by Gasteiger charge is -2.32. The molecule has 0 unspecified atom stereocenters. The van der Waals surface area contributed by atoms with Gasteiger partial charge < -0.3 is 5.73 Å². The number of rotatable bonds is 8. The van der Waals surface area contributed by atoms with E-state index in [0.29, 0.717) is 18.2 Å². The zero-order valence-electron chi connectivity index (χ0n) is 19.6. The number of hydrogen-bond acceptors (Lipinski definition) is 10. The largest absolute Gasteiger partial charge is 0.378 e. The second kappa shape index (κ2) is 10.9. The Morgan fingerprint density at radius 1 is 1.17 bits per heavy atom. The number of nitrogens with two attached hydrogens (primary N) is 1. The van der Waals surface area contributed by atoms with E-state index in [1.165, 1.54) is 16.5 Å². The van der Waals surface area contributed by atoms with Crippen LogP contribution in [0.15, 0.2) is 64.6 Å². The third-order valence-corrected chi connectivity index (χ3v) is 6.19. The first kappa shape index (κ1) is 23.3. The summed E-state index contributed by atoms with van der Waals surface area (Å²) in [5, 5.41) is 19.7. The average Bonchev–Trinajstić information content (AvgIpc) is 3.52. The molecule has 0 bridgehead atoms. The maximum Gasteiger partial charge on any atom is 0.293 e. The van der Waals surface area contributed by atoms with Gasteiger partial charge in [-0.15, -0.1) is 5.10 Å². The fourth-order valence-corrected chi connectivity index (χ4v) is 4.31. The Hall–Kier alpha value is -4.45. The minimum absolute atomic E-state index is 0.0595. The normalized spacial score (nSPS) is 14.9. The molecule has 5 rings (SSSR count). The van der Waals surface area contributed by atoms with Crippen LogP contribution in [0.3, 0.4) is 0 Å². The molecule has 12 heteroatoms. The molecule has 1 aliphatic rings. The minimum atomic E-state index is -0.495. The minimum Gasteiger partial charge on any atom is -0.378 e. The molecule has 4 heterocycles. The highest BCUT2D eigenvalue weighted by Gasteiger charge is 2.27. The van der Waals surface area contributed by atoms with E-state index in [4.69, 9.17) is 10.4 Å². The Kier molecular flexibility index (Phi) is 7.03. The first-order chi connectivity index (χ1) is 17.7. The van der Waals surface area contributed by atoms with Crippen LogP contribution in [0.25, 0.3) is 5.82 Å². The van der Waals surface area contributed by atoms with Crippen molar-refractivity contribution in [2.75, 3.05) is 18.8 Å². The van der Waals surface area contributed by atoms with Crippen LogP contribution in [-0.2, 0) is 13.0 Å². The maximum absolute atomic E-state index is 13.0. The quantitative estimate of drug-likeness (QED) is 0.280. The molecule has 12 nitrogen and oxygen atoms in total. The summed E-state index contributed by atoms with van der Waals surface area (Å²) in [5.41, 5.74) is 11.2. The molecule has 4 aromatic rings. The van der Waals surface area contributed by atoms with Gasteiger partial charge in [-0.25, -0.2) is 10.1 Å². The summed E-state index contributed by atoms with van der Waals surface area (Å²) in [4.78, 5) is 19.2. The van der Waals surface area contributed by atoms with Crippen LogP contribution in [0, 0.1) is 5.92 Å². The zero-order valence-corrected chi connectivity index (χ0v) is 19.6. The zero-order chi connectivity index (χ0) is 24.7. The number of aromatic nitrogens is 6. The van der Waals surface area contributed by atoms with Gasteiger partial charge in [-0.05, 0) is 60.2 Å². The number of nitrogens with zero attached hydrogens (tertiary/aromatic N) is 8. The monoisotopic (exact) mass is 486 g/mol. The lowest BCUT2D eigenvalue weighted by atomic mass is 9.90. The number of carbonyl (C=O) groups excluding carboxylic acids is 1. The van der Waals surface area contributed by atoms with E-state index in [-0.39, 0.29) is 17.3 Å². The highest BCUT2D eigenvalue weighted by molar-refractivity contribution is 5.94. The standard InChI is InChI=1S/C24H26N10O2/c25-22-23(31-36-30-22)34-20(16-33-11-8-18(9-12-33)13-17-5-2-1-3-6-17)21(28-32-34)24(35)29-27-15-19-7-4-10-26-14-19/h1-7,10,14-15,18H,8-9,11-13,16H2,(H2,25,30)(H,29,35)/b27-15-. The van der Waals surface area contributed by atoms with Crippen molar-refractivity contribution >= 4 is 17.9 Å². The van der Waals surface area contributed by atoms with Crippen molar-refractivity contribution < 1.29 is 9.42 Å². The summed E-state index contributed by atoms with van der Waals surface area (Å²) in [6.45, 7) is 2.21. The lowest BCUT2D eigenvalue weighted by Crippen LogP contribution is -2.35. The van der Waals surface area contributed by atoms with Gasteiger partial charge in [-0.2, -0.15) is 9.78 Å². The molecule has 1 aromatic carbocycles. The highest BCUT2D eigenvalue weighted by atomic mass is 16.6. The number of piperidine rings is 1. The van der Waals surface area contributed by atoms with Crippen LogP contribution in [0.5, 0.6) is 0 Å². The number of carbonyl (C=O) groups is 1. The number of benzene rings is 1. The number of pyridine rings is 1. The fraction of sp³-hybridized carbons (Fsp3) is 0.292. The second-order valence-electron chi connectivity index (χ2n) is 8.66. The van der Waals surface area contributed by atoms with Crippen molar-refractivity contribution in [2.45, 2.75) is 25.8 Å². The Bertz CT molecular complexity index is 1310. The summed E-state index contributed by atoms with van der Waals surface area (Å²) >= 11 is 0. The molecule has 1 amide bonds. The number of hydrogen-bond donors (Lipinski definition) is 2. The van der Waals surface area contributed by atoms with Crippen LogP contribution in [0.2, 0.25) is 0 Å². The average molecular weight is 487 g/mol. The maximum atomic E-state index is 13.0. The SMILES string of the molecule is Nc1nonc1-n1nnc(C(=O)N/N=C\c2cccnc2)c1CN1CCC(Cc2ccccc2)CC1. The third-order valence-electron chi connectivity index (χ3n) is 6.19. The highest BCUT2D eigenvalue weighted by Crippen LogP contribution is 2.24. The van der Waals surface area contributed by atoms with Crippen molar-refractivity contribution in [3.8, 4) is 5.82 Å². The van der Waals surface area contributed by atoms with Gasteiger partial charge in [0.2, 0.25) is 11.6 Å². The molecule has 0 spiro atoms. The number of anilines is 1. The predicted molar refractivity (Wildman–Crippen MR) is 131 cm³/mol. The molecule has 0 atom stereocenters. The first-order valence-corrected chi connectivity index (χ1v) is 11.7. The van der Waals surface area contributed by atoms with Crippen LogP contribution in [0.1, 0.15) is 40.2 Å². The number of nitrogens with one attached hydrogen (secondary N) is 1. The Labute approximate surface area is 207 Å².